The molecule has 3 rings (SSSR count). The van der Waals surface area contributed by atoms with Gasteiger partial charge in [0.05, 0.1) is 21.8 Å². The quantitative estimate of drug-likeness (QED) is 0.738. The molecule has 0 aliphatic heterocycles. The van der Waals surface area contributed by atoms with E-state index in [9.17, 15) is 9.18 Å². The van der Waals surface area contributed by atoms with Crippen molar-refractivity contribution in [2.45, 2.75) is 0 Å². The fourth-order valence-electron chi connectivity index (χ4n) is 2.16. The Hall–Kier alpha value is -2.33. The van der Waals surface area contributed by atoms with Gasteiger partial charge < -0.3 is 10.1 Å². The summed E-state index contributed by atoms with van der Waals surface area (Å²) in [6.07, 6.45) is 0. The largest absolute Gasteiger partial charge is 0.478 e. The van der Waals surface area contributed by atoms with Gasteiger partial charge in [0.2, 0.25) is 0 Å². The van der Waals surface area contributed by atoms with E-state index in [0.29, 0.717) is 16.1 Å². The number of hydrogen-bond acceptors (Lipinski definition) is 1. The van der Waals surface area contributed by atoms with Crippen LogP contribution >= 0.6 is 11.6 Å². The van der Waals surface area contributed by atoms with Gasteiger partial charge in [0.25, 0.3) is 0 Å². The highest BCUT2D eigenvalue weighted by Gasteiger charge is 2.13. The zero-order chi connectivity index (χ0) is 14.3. The number of carboxylic acid groups (broad SMARTS) is 1. The lowest BCUT2D eigenvalue weighted by Crippen LogP contribution is -1.94. The molecule has 0 aliphatic rings. The summed E-state index contributed by atoms with van der Waals surface area (Å²) < 4.78 is 13.9. The number of H-pyrrole nitrogens is 1. The average molecular weight is 290 g/mol. The van der Waals surface area contributed by atoms with E-state index in [0.717, 1.165) is 5.52 Å². The molecule has 1 heterocycles. The van der Waals surface area contributed by atoms with E-state index in [1.54, 1.807) is 18.2 Å². The molecule has 0 atom stereocenters. The summed E-state index contributed by atoms with van der Waals surface area (Å²) in [6.45, 7) is 0. The second kappa shape index (κ2) is 4.65. The van der Waals surface area contributed by atoms with Gasteiger partial charge in [-0.15, -0.1) is 0 Å². The third kappa shape index (κ3) is 2.04. The number of aromatic carboxylic acids is 1. The van der Waals surface area contributed by atoms with Crippen molar-refractivity contribution < 1.29 is 14.3 Å². The van der Waals surface area contributed by atoms with E-state index in [2.05, 4.69) is 4.98 Å². The van der Waals surface area contributed by atoms with Crippen molar-refractivity contribution in [1.29, 1.82) is 0 Å². The number of benzene rings is 2. The molecule has 20 heavy (non-hydrogen) atoms. The van der Waals surface area contributed by atoms with Crippen LogP contribution in [-0.4, -0.2) is 16.1 Å². The number of fused-ring (bicyclic) bond motifs is 1. The summed E-state index contributed by atoms with van der Waals surface area (Å²) in [6, 6.07) is 10.8. The Kier molecular flexibility index (Phi) is 2.95. The highest BCUT2D eigenvalue weighted by Crippen LogP contribution is 2.32. The molecule has 5 heteroatoms. The first-order valence-corrected chi connectivity index (χ1v) is 6.24. The van der Waals surface area contributed by atoms with Crippen LogP contribution < -0.4 is 0 Å². The van der Waals surface area contributed by atoms with Gasteiger partial charge in [0.1, 0.15) is 5.82 Å². The Morgan fingerprint density at radius 1 is 1.20 bits per heavy atom. The van der Waals surface area contributed by atoms with Crippen molar-refractivity contribution in [1.82, 2.24) is 4.98 Å². The fourth-order valence-corrected chi connectivity index (χ4v) is 2.42. The lowest BCUT2D eigenvalue weighted by molar-refractivity contribution is 0.0697. The Bertz CT molecular complexity index is 806. The Balaban J connectivity index is 2.21. The maximum Gasteiger partial charge on any atom is 0.335 e. The highest BCUT2D eigenvalue weighted by atomic mass is 35.5. The Labute approximate surface area is 118 Å². The number of hydrogen-bond donors (Lipinski definition) is 2. The van der Waals surface area contributed by atoms with Crippen molar-refractivity contribution in [3.05, 3.63) is 58.9 Å². The maximum atomic E-state index is 13.9. The lowest BCUT2D eigenvalue weighted by Gasteiger charge is -2.02. The second-order valence-electron chi connectivity index (χ2n) is 4.39. The molecule has 0 saturated heterocycles. The van der Waals surface area contributed by atoms with Gasteiger partial charge in [0, 0.05) is 10.9 Å². The Morgan fingerprint density at radius 3 is 2.70 bits per heavy atom. The molecule has 2 N–H and O–H groups in total. The lowest BCUT2D eigenvalue weighted by atomic mass is 10.1. The first-order valence-electron chi connectivity index (χ1n) is 5.87. The van der Waals surface area contributed by atoms with Crippen LogP contribution in [0.25, 0.3) is 22.2 Å². The van der Waals surface area contributed by atoms with Gasteiger partial charge in [-0.3, -0.25) is 0 Å². The molecule has 3 nitrogen and oxygen atoms in total. The molecule has 0 fully saturated rings. The molecule has 3 aromatic rings. The second-order valence-corrected chi connectivity index (χ2v) is 4.79. The number of carbonyl (C=O) groups is 1. The van der Waals surface area contributed by atoms with Crippen molar-refractivity contribution >= 4 is 28.5 Å². The van der Waals surface area contributed by atoms with Crippen LogP contribution in [0.5, 0.6) is 0 Å². The van der Waals surface area contributed by atoms with Gasteiger partial charge in [-0.2, -0.15) is 0 Å². The van der Waals surface area contributed by atoms with Gasteiger partial charge in [-0.25, -0.2) is 9.18 Å². The first-order chi connectivity index (χ1) is 9.56. The topological polar surface area (TPSA) is 53.1 Å². The summed E-state index contributed by atoms with van der Waals surface area (Å²) in [5.41, 5.74) is 1.71. The molecule has 0 spiro atoms. The smallest absolute Gasteiger partial charge is 0.335 e. The predicted molar refractivity (Wildman–Crippen MR) is 75.7 cm³/mol. The maximum absolute atomic E-state index is 13.9. The predicted octanol–water partition coefficient (Wildman–Crippen LogP) is 4.33. The molecule has 0 aliphatic carbocycles. The molecule has 0 saturated carbocycles. The number of rotatable bonds is 2. The summed E-state index contributed by atoms with van der Waals surface area (Å²) in [5, 5.41) is 9.96. The molecule has 0 amide bonds. The molecule has 0 unspecified atom stereocenters. The standard InChI is InChI=1S/C15H9ClFNO2/c16-10-2-1-3-11(17)14(10)13-7-9-6-8(15(19)20)4-5-12(9)18-13/h1-7,18H,(H,19,20). The fraction of sp³-hybridized carbons (Fsp3) is 0. The van der Waals surface area contributed by atoms with E-state index in [-0.39, 0.29) is 11.1 Å². The number of aromatic nitrogens is 1. The normalized spacial score (nSPS) is 10.9. The monoisotopic (exact) mass is 289 g/mol. The zero-order valence-electron chi connectivity index (χ0n) is 10.2. The van der Waals surface area contributed by atoms with Crippen molar-refractivity contribution in [2.24, 2.45) is 0 Å². The molecule has 100 valence electrons. The van der Waals surface area contributed by atoms with Crippen LogP contribution in [0.3, 0.4) is 0 Å². The zero-order valence-corrected chi connectivity index (χ0v) is 10.9. The minimum atomic E-state index is -1.00. The van der Waals surface area contributed by atoms with Crippen LogP contribution in [0.4, 0.5) is 4.39 Å². The number of nitrogens with one attached hydrogen (secondary N) is 1. The van der Waals surface area contributed by atoms with Crippen LogP contribution in [0.15, 0.2) is 42.5 Å². The molecule has 1 aromatic heterocycles. The van der Waals surface area contributed by atoms with Gasteiger partial charge in [-0.05, 0) is 36.4 Å². The molecule has 0 radical (unpaired) electrons. The number of carboxylic acids is 1. The van der Waals surface area contributed by atoms with Crippen LogP contribution in [0.1, 0.15) is 10.4 Å². The summed E-state index contributed by atoms with van der Waals surface area (Å²) >= 11 is 6.02. The number of halogens is 2. The first kappa shape index (κ1) is 12.7. The van der Waals surface area contributed by atoms with E-state index in [1.165, 1.54) is 24.3 Å². The van der Waals surface area contributed by atoms with Crippen molar-refractivity contribution in [3.8, 4) is 11.3 Å². The molecular weight excluding hydrogens is 281 g/mol. The van der Waals surface area contributed by atoms with E-state index >= 15 is 0 Å². The van der Waals surface area contributed by atoms with E-state index in [4.69, 9.17) is 16.7 Å². The van der Waals surface area contributed by atoms with Crippen LogP contribution in [0.2, 0.25) is 5.02 Å². The van der Waals surface area contributed by atoms with Crippen molar-refractivity contribution in [3.63, 3.8) is 0 Å². The van der Waals surface area contributed by atoms with Gasteiger partial charge in [-0.1, -0.05) is 17.7 Å². The van der Waals surface area contributed by atoms with Gasteiger partial charge >= 0.3 is 5.97 Å². The highest BCUT2D eigenvalue weighted by molar-refractivity contribution is 6.33. The molecular formula is C15H9ClFNO2. The molecule has 2 aromatic carbocycles. The summed E-state index contributed by atoms with van der Waals surface area (Å²) in [7, 11) is 0. The van der Waals surface area contributed by atoms with E-state index in [1.807, 2.05) is 0 Å². The van der Waals surface area contributed by atoms with Gasteiger partial charge in [0.15, 0.2) is 0 Å². The Morgan fingerprint density at radius 2 is 2.00 bits per heavy atom. The van der Waals surface area contributed by atoms with Crippen LogP contribution in [0, 0.1) is 5.82 Å². The minimum Gasteiger partial charge on any atom is -0.478 e. The van der Waals surface area contributed by atoms with Crippen molar-refractivity contribution in [2.75, 3.05) is 0 Å². The summed E-state index contributed by atoms with van der Waals surface area (Å²) in [4.78, 5) is 14.0. The van der Waals surface area contributed by atoms with E-state index < -0.39 is 11.8 Å². The summed E-state index contributed by atoms with van der Waals surface area (Å²) in [5.74, 6) is -1.43. The third-order valence-electron chi connectivity index (χ3n) is 3.10. The minimum absolute atomic E-state index is 0.183. The molecule has 0 bridgehead atoms. The van der Waals surface area contributed by atoms with Crippen LogP contribution in [-0.2, 0) is 0 Å². The number of aromatic amines is 1. The average Bonchev–Trinajstić information content (AvgIpc) is 2.80. The third-order valence-corrected chi connectivity index (χ3v) is 3.41. The SMILES string of the molecule is O=C(O)c1ccc2[nH]c(-c3c(F)cccc3Cl)cc2c1.